The standard InChI is InChI=1S/C23H25F3N8O/c1-12(28)21(35)34-5-3-14(4-6-34)13(2)32-22-31-9-15(8-27)19(33-22)18-11-30-20-17(18)7-16(10-29-20)23(24,25)26/h7,9-14H,3-6,28H2,1-2H3,(H,29,30)(H,31,32,33)/t12-,13-/m1/s1. The number of amides is 1. The number of carbonyl (C=O) groups is 1. The first-order valence-electron chi connectivity index (χ1n) is 11.2. The SMILES string of the molecule is C[C@@H](N)C(=O)N1CCC([C@@H](C)Nc2ncc(C#N)c(-c3c[nH]c4ncc(C(F)(F)F)cc34)n2)CC1. The highest BCUT2D eigenvalue weighted by Gasteiger charge is 2.32. The number of nitriles is 1. The predicted molar refractivity (Wildman–Crippen MR) is 123 cm³/mol. The third-order valence-electron chi connectivity index (χ3n) is 6.33. The zero-order valence-corrected chi connectivity index (χ0v) is 19.2. The average Bonchev–Trinajstić information content (AvgIpc) is 3.26. The zero-order valence-electron chi connectivity index (χ0n) is 19.2. The quantitative estimate of drug-likeness (QED) is 0.503. The molecule has 184 valence electrons. The molecule has 12 heteroatoms. The summed E-state index contributed by atoms with van der Waals surface area (Å²) < 4.78 is 39.7. The van der Waals surface area contributed by atoms with Crippen molar-refractivity contribution in [3.8, 4) is 17.3 Å². The summed E-state index contributed by atoms with van der Waals surface area (Å²) in [6, 6.07) is 2.43. The van der Waals surface area contributed by atoms with Gasteiger partial charge in [0.25, 0.3) is 0 Å². The maximum absolute atomic E-state index is 13.2. The summed E-state index contributed by atoms with van der Waals surface area (Å²) in [4.78, 5) is 29.3. The summed E-state index contributed by atoms with van der Waals surface area (Å²) in [6.07, 6.45) is 0.605. The minimum Gasteiger partial charge on any atom is -0.351 e. The van der Waals surface area contributed by atoms with Gasteiger partial charge in [0.2, 0.25) is 11.9 Å². The van der Waals surface area contributed by atoms with Crippen LogP contribution in [0.25, 0.3) is 22.3 Å². The van der Waals surface area contributed by atoms with Crippen LogP contribution in [0.1, 0.15) is 37.8 Å². The Morgan fingerprint density at radius 2 is 2.00 bits per heavy atom. The maximum Gasteiger partial charge on any atom is 0.417 e. The van der Waals surface area contributed by atoms with Gasteiger partial charge in [-0.1, -0.05) is 0 Å². The van der Waals surface area contributed by atoms with Gasteiger partial charge in [-0.2, -0.15) is 18.4 Å². The number of aromatic nitrogens is 4. The minimum atomic E-state index is -4.55. The lowest BCUT2D eigenvalue weighted by molar-refractivity contribution is -0.137. The number of carbonyl (C=O) groups excluding carboxylic acids is 1. The molecule has 9 nitrogen and oxygen atoms in total. The lowest BCUT2D eigenvalue weighted by Gasteiger charge is -2.35. The molecular weight excluding hydrogens is 461 g/mol. The highest BCUT2D eigenvalue weighted by molar-refractivity contribution is 5.94. The molecule has 4 rings (SSSR count). The number of hydrogen-bond donors (Lipinski definition) is 3. The number of hydrogen-bond acceptors (Lipinski definition) is 7. The number of alkyl halides is 3. The number of anilines is 1. The molecule has 0 aromatic carbocycles. The van der Waals surface area contributed by atoms with Gasteiger partial charge in [0.15, 0.2) is 0 Å². The van der Waals surface area contributed by atoms with Crippen molar-refractivity contribution in [1.29, 1.82) is 5.26 Å². The lowest BCUT2D eigenvalue weighted by Crippen LogP contribution is -2.47. The first kappa shape index (κ1) is 24.4. The van der Waals surface area contributed by atoms with E-state index in [1.807, 2.05) is 13.0 Å². The Hall–Kier alpha value is -3.72. The number of pyridine rings is 1. The largest absolute Gasteiger partial charge is 0.417 e. The van der Waals surface area contributed by atoms with Crippen LogP contribution >= 0.6 is 0 Å². The van der Waals surface area contributed by atoms with E-state index in [4.69, 9.17) is 5.73 Å². The van der Waals surface area contributed by atoms with Crippen LogP contribution in [0.3, 0.4) is 0 Å². The number of H-pyrrole nitrogens is 1. The maximum atomic E-state index is 13.2. The normalized spacial score (nSPS) is 16.7. The van der Waals surface area contributed by atoms with Gasteiger partial charge in [-0.15, -0.1) is 0 Å². The Labute approximate surface area is 199 Å². The van der Waals surface area contributed by atoms with Crippen LogP contribution in [0.15, 0.2) is 24.7 Å². The molecule has 3 aromatic rings. The van der Waals surface area contributed by atoms with Crippen molar-refractivity contribution in [2.45, 2.75) is 44.9 Å². The molecule has 4 heterocycles. The molecule has 1 aliphatic heterocycles. The van der Waals surface area contributed by atoms with E-state index in [2.05, 4.69) is 25.3 Å². The van der Waals surface area contributed by atoms with E-state index in [1.165, 1.54) is 12.4 Å². The van der Waals surface area contributed by atoms with Crippen LogP contribution in [0.2, 0.25) is 0 Å². The van der Waals surface area contributed by atoms with E-state index in [9.17, 15) is 23.2 Å². The molecule has 1 saturated heterocycles. The number of likely N-dealkylation sites (tertiary alicyclic amines) is 1. The Balaban J connectivity index is 1.57. The molecule has 3 aromatic heterocycles. The van der Waals surface area contributed by atoms with E-state index in [0.717, 1.165) is 25.1 Å². The van der Waals surface area contributed by atoms with Gasteiger partial charge in [0.1, 0.15) is 11.7 Å². The molecule has 0 spiro atoms. The second kappa shape index (κ2) is 9.50. The average molecular weight is 487 g/mol. The summed E-state index contributed by atoms with van der Waals surface area (Å²) >= 11 is 0. The fourth-order valence-electron chi connectivity index (χ4n) is 4.32. The van der Waals surface area contributed by atoms with Crippen LogP contribution in [0.4, 0.5) is 19.1 Å². The van der Waals surface area contributed by atoms with Crippen molar-refractivity contribution >= 4 is 22.9 Å². The van der Waals surface area contributed by atoms with Gasteiger partial charge >= 0.3 is 6.18 Å². The highest BCUT2D eigenvalue weighted by atomic mass is 19.4. The number of piperidine rings is 1. The monoisotopic (exact) mass is 486 g/mol. The summed E-state index contributed by atoms with van der Waals surface area (Å²) in [6.45, 7) is 4.88. The van der Waals surface area contributed by atoms with Gasteiger partial charge in [0, 0.05) is 42.5 Å². The molecule has 0 radical (unpaired) electrons. The number of aromatic amines is 1. The Bertz CT molecular complexity index is 1270. The molecule has 1 fully saturated rings. The van der Waals surface area contributed by atoms with Crippen molar-refractivity contribution in [2.75, 3.05) is 18.4 Å². The van der Waals surface area contributed by atoms with Gasteiger partial charge in [-0.05, 0) is 38.7 Å². The number of nitrogens with one attached hydrogen (secondary N) is 2. The van der Waals surface area contributed by atoms with Crippen LogP contribution < -0.4 is 11.1 Å². The molecule has 4 N–H and O–H groups in total. The molecule has 2 atom stereocenters. The molecule has 1 amide bonds. The van der Waals surface area contributed by atoms with Crippen molar-refractivity contribution in [3.05, 3.63) is 35.8 Å². The van der Waals surface area contributed by atoms with Crippen molar-refractivity contribution in [3.63, 3.8) is 0 Å². The van der Waals surface area contributed by atoms with Gasteiger partial charge in [0.05, 0.1) is 29.1 Å². The first-order valence-corrected chi connectivity index (χ1v) is 11.2. The summed E-state index contributed by atoms with van der Waals surface area (Å²) in [5, 5.41) is 13.0. The van der Waals surface area contributed by atoms with E-state index in [1.54, 1.807) is 11.8 Å². The second-order valence-electron chi connectivity index (χ2n) is 8.77. The molecular formula is C23H25F3N8O. The van der Waals surface area contributed by atoms with Gasteiger partial charge in [-0.25, -0.2) is 15.0 Å². The molecule has 1 aliphatic rings. The number of fused-ring (bicyclic) bond motifs is 1. The Morgan fingerprint density at radius 1 is 1.29 bits per heavy atom. The number of rotatable bonds is 5. The predicted octanol–water partition coefficient (Wildman–Crippen LogP) is 3.30. The fraction of sp³-hybridized carbons (Fsp3) is 0.435. The van der Waals surface area contributed by atoms with E-state index in [-0.39, 0.29) is 46.1 Å². The summed E-state index contributed by atoms with van der Waals surface area (Å²) in [5.41, 5.74) is 5.74. The fourth-order valence-corrected chi connectivity index (χ4v) is 4.32. The highest BCUT2D eigenvalue weighted by Crippen LogP contribution is 2.35. The van der Waals surface area contributed by atoms with Gasteiger partial charge in [-0.3, -0.25) is 4.79 Å². The topological polar surface area (TPSA) is 137 Å². The van der Waals surface area contributed by atoms with Crippen LogP contribution in [0, 0.1) is 17.2 Å². The van der Waals surface area contributed by atoms with Crippen LogP contribution in [0.5, 0.6) is 0 Å². The first-order chi connectivity index (χ1) is 16.6. The number of nitrogens with two attached hydrogens (primary N) is 1. The molecule has 0 bridgehead atoms. The minimum absolute atomic E-state index is 0.0372. The van der Waals surface area contributed by atoms with E-state index >= 15 is 0 Å². The van der Waals surface area contributed by atoms with E-state index < -0.39 is 17.8 Å². The number of halogens is 3. The van der Waals surface area contributed by atoms with Crippen LogP contribution in [-0.2, 0) is 11.0 Å². The second-order valence-corrected chi connectivity index (χ2v) is 8.77. The molecule has 0 unspecified atom stereocenters. The van der Waals surface area contributed by atoms with Crippen LogP contribution in [-0.4, -0.2) is 55.9 Å². The molecule has 35 heavy (non-hydrogen) atoms. The molecule has 0 aliphatic carbocycles. The zero-order chi connectivity index (χ0) is 25.3. The number of nitrogens with zero attached hydrogens (tertiary/aromatic N) is 5. The van der Waals surface area contributed by atoms with E-state index in [0.29, 0.717) is 18.7 Å². The van der Waals surface area contributed by atoms with Gasteiger partial charge < -0.3 is 20.9 Å². The Morgan fingerprint density at radius 3 is 2.63 bits per heavy atom. The van der Waals surface area contributed by atoms with Crippen molar-refractivity contribution in [2.24, 2.45) is 11.7 Å². The molecule has 0 saturated carbocycles. The van der Waals surface area contributed by atoms with Crippen molar-refractivity contribution in [1.82, 2.24) is 24.8 Å². The smallest absolute Gasteiger partial charge is 0.351 e. The Kier molecular flexibility index (Phi) is 6.62. The van der Waals surface area contributed by atoms with Crippen molar-refractivity contribution < 1.29 is 18.0 Å². The lowest BCUT2D eigenvalue weighted by atomic mass is 9.90. The summed E-state index contributed by atoms with van der Waals surface area (Å²) in [5.74, 6) is 0.447. The third kappa shape index (κ3) is 5.05. The third-order valence-corrected chi connectivity index (χ3v) is 6.33. The summed E-state index contributed by atoms with van der Waals surface area (Å²) in [7, 11) is 0.